The minimum absolute atomic E-state index is 0.0549. The van der Waals surface area contributed by atoms with Crippen molar-refractivity contribution in [1.82, 2.24) is 0 Å². The summed E-state index contributed by atoms with van der Waals surface area (Å²) in [4.78, 5) is 12.1. The van der Waals surface area contributed by atoms with E-state index < -0.39 is 5.82 Å². The van der Waals surface area contributed by atoms with Crippen molar-refractivity contribution in [2.45, 2.75) is 44.9 Å². The molecule has 1 aromatic rings. The second kappa shape index (κ2) is 6.46. The van der Waals surface area contributed by atoms with E-state index in [1.807, 2.05) is 0 Å². The molecule has 3 heteroatoms. The Morgan fingerprint density at radius 1 is 1.22 bits per heavy atom. The molecule has 0 spiro atoms. The third-order valence-electron chi connectivity index (χ3n) is 3.68. The van der Waals surface area contributed by atoms with Gasteiger partial charge in [-0.05, 0) is 24.1 Å². The summed E-state index contributed by atoms with van der Waals surface area (Å²) in [6.45, 7) is 0. The van der Waals surface area contributed by atoms with Crippen LogP contribution in [0, 0.1) is 11.7 Å². The molecule has 0 amide bonds. The summed E-state index contributed by atoms with van der Waals surface area (Å²) in [6, 6.07) is 4.57. The number of carbonyl (C=O) groups excluding carboxylic acids is 1. The number of halogens is 2. The van der Waals surface area contributed by atoms with E-state index in [2.05, 4.69) is 15.9 Å². The molecule has 1 saturated carbocycles. The first kappa shape index (κ1) is 13.7. The zero-order chi connectivity index (χ0) is 13.0. The van der Waals surface area contributed by atoms with Gasteiger partial charge in [-0.25, -0.2) is 4.39 Å². The van der Waals surface area contributed by atoms with E-state index in [1.54, 1.807) is 12.1 Å². The molecule has 2 rings (SSSR count). The molecule has 0 saturated heterocycles. The van der Waals surface area contributed by atoms with Crippen LogP contribution in [0.25, 0.3) is 0 Å². The highest BCUT2D eigenvalue weighted by atomic mass is 79.9. The van der Waals surface area contributed by atoms with Crippen LogP contribution in [0.4, 0.5) is 4.39 Å². The van der Waals surface area contributed by atoms with Gasteiger partial charge in [0, 0.05) is 10.9 Å². The van der Waals surface area contributed by atoms with Gasteiger partial charge in [0.2, 0.25) is 0 Å². The first-order valence-electron chi connectivity index (χ1n) is 6.65. The highest BCUT2D eigenvalue weighted by Crippen LogP contribution is 2.27. The zero-order valence-corrected chi connectivity index (χ0v) is 12.0. The van der Waals surface area contributed by atoms with Crippen molar-refractivity contribution < 1.29 is 9.18 Å². The predicted octanol–water partition coefficient (Wildman–Crippen LogP) is 5.13. The van der Waals surface area contributed by atoms with Crippen molar-refractivity contribution in [3.8, 4) is 0 Å². The number of Topliss-reactive ketones (excluding diaryl/α,β-unsaturated/α-hetero) is 1. The highest BCUT2D eigenvalue weighted by Gasteiger charge is 2.19. The van der Waals surface area contributed by atoms with Crippen LogP contribution in [0.5, 0.6) is 0 Å². The molecule has 0 unspecified atom stereocenters. The second-order valence-electron chi connectivity index (χ2n) is 5.11. The molecule has 0 N–H and O–H groups in total. The summed E-state index contributed by atoms with van der Waals surface area (Å²) in [7, 11) is 0. The van der Waals surface area contributed by atoms with Gasteiger partial charge in [-0.2, -0.15) is 0 Å². The van der Waals surface area contributed by atoms with Crippen molar-refractivity contribution in [2.24, 2.45) is 5.92 Å². The maximum atomic E-state index is 13.6. The lowest BCUT2D eigenvalue weighted by atomic mass is 9.92. The average Bonchev–Trinajstić information content (AvgIpc) is 2.61. The fourth-order valence-electron chi connectivity index (χ4n) is 2.65. The first-order valence-corrected chi connectivity index (χ1v) is 7.44. The van der Waals surface area contributed by atoms with Crippen LogP contribution in [0.15, 0.2) is 22.7 Å². The Bertz CT molecular complexity index is 423. The van der Waals surface area contributed by atoms with Crippen molar-refractivity contribution in [2.75, 3.05) is 0 Å². The van der Waals surface area contributed by atoms with Gasteiger partial charge in [-0.3, -0.25) is 4.79 Å². The third-order valence-corrected chi connectivity index (χ3v) is 4.17. The summed E-state index contributed by atoms with van der Waals surface area (Å²) < 4.78 is 14.4. The van der Waals surface area contributed by atoms with E-state index in [-0.39, 0.29) is 11.3 Å². The Kier molecular flexibility index (Phi) is 4.93. The van der Waals surface area contributed by atoms with E-state index in [0.717, 1.165) is 17.3 Å². The number of carbonyl (C=O) groups is 1. The van der Waals surface area contributed by atoms with Gasteiger partial charge in [0.05, 0.1) is 5.56 Å². The van der Waals surface area contributed by atoms with Crippen LogP contribution >= 0.6 is 15.9 Å². The summed E-state index contributed by atoms with van der Waals surface area (Å²) in [5, 5.41) is 0. The lowest BCUT2D eigenvalue weighted by molar-refractivity contribution is 0.0953. The van der Waals surface area contributed by atoms with Crippen LogP contribution in [-0.4, -0.2) is 5.78 Å². The SMILES string of the molecule is O=C(CC1CCCCCC1)c1cc(Br)ccc1F. The normalized spacial score (nSPS) is 17.4. The van der Waals surface area contributed by atoms with Gasteiger partial charge in [-0.1, -0.05) is 54.5 Å². The second-order valence-corrected chi connectivity index (χ2v) is 6.02. The molecule has 1 aliphatic carbocycles. The van der Waals surface area contributed by atoms with Gasteiger partial charge >= 0.3 is 0 Å². The Hall–Kier alpha value is -0.700. The molecule has 0 atom stereocenters. The molecular weight excluding hydrogens is 295 g/mol. The fourth-order valence-corrected chi connectivity index (χ4v) is 3.01. The number of hydrogen-bond donors (Lipinski definition) is 0. The van der Waals surface area contributed by atoms with E-state index >= 15 is 0 Å². The molecule has 1 aliphatic rings. The van der Waals surface area contributed by atoms with Crippen LogP contribution in [0.1, 0.15) is 55.3 Å². The lowest BCUT2D eigenvalue weighted by Gasteiger charge is -2.13. The van der Waals surface area contributed by atoms with Gasteiger partial charge in [-0.15, -0.1) is 0 Å². The van der Waals surface area contributed by atoms with Crippen molar-refractivity contribution in [1.29, 1.82) is 0 Å². The van der Waals surface area contributed by atoms with Crippen LogP contribution < -0.4 is 0 Å². The van der Waals surface area contributed by atoms with Crippen molar-refractivity contribution >= 4 is 21.7 Å². The Labute approximate surface area is 116 Å². The lowest BCUT2D eigenvalue weighted by Crippen LogP contribution is -2.10. The molecule has 0 heterocycles. The minimum atomic E-state index is -0.406. The van der Waals surface area contributed by atoms with Crippen LogP contribution in [0.3, 0.4) is 0 Å². The molecule has 0 bridgehead atoms. The summed E-state index contributed by atoms with van der Waals surface area (Å²) in [5.41, 5.74) is 0.230. The predicted molar refractivity (Wildman–Crippen MR) is 74.2 cm³/mol. The molecule has 18 heavy (non-hydrogen) atoms. The van der Waals surface area contributed by atoms with E-state index in [9.17, 15) is 9.18 Å². The molecule has 98 valence electrons. The zero-order valence-electron chi connectivity index (χ0n) is 10.4. The maximum Gasteiger partial charge on any atom is 0.166 e. The van der Waals surface area contributed by atoms with Crippen molar-refractivity contribution in [3.05, 3.63) is 34.1 Å². The number of hydrogen-bond acceptors (Lipinski definition) is 1. The van der Waals surface area contributed by atoms with E-state index in [4.69, 9.17) is 0 Å². The smallest absolute Gasteiger partial charge is 0.166 e. The van der Waals surface area contributed by atoms with Gasteiger partial charge in [0.25, 0.3) is 0 Å². The minimum Gasteiger partial charge on any atom is -0.294 e. The van der Waals surface area contributed by atoms with Crippen LogP contribution in [-0.2, 0) is 0 Å². The summed E-state index contributed by atoms with van der Waals surface area (Å²) >= 11 is 3.28. The van der Waals surface area contributed by atoms with Gasteiger partial charge < -0.3 is 0 Å². The van der Waals surface area contributed by atoms with E-state index in [1.165, 1.54) is 31.7 Å². The van der Waals surface area contributed by atoms with Crippen LogP contribution in [0.2, 0.25) is 0 Å². The summed E-state index contributed by atoms with van der Waals surface area (Å²) in [5.74, 6) is -0.0177. The van der Waals surface area contributed by atoms with Gasteiger partial charge in [0.15, 0.2) is 5.78 Å². The summed E-state index contributed by atoms with van der Waals surface area (Å²) in [6.07, 6.45) is 7.68. The molecule has 1 nitrogen and oxygen atoms in total. The molecular formula is C15H18BrFO. The van der Waals surface area contributed by atoms with Crippen molar-refractivity contribution in [3.63, 3.8) is 0 Å². The standard InChI is InChI=1S/C15H18BrFO/c16-12-7-8-14(17)13(10-12)15(18)9-11-5-3-1-2-4-6-11/h7-8,10-11H,1-6,9H2. The molecule has 0 aliphatic heterocycles. The number of benzene rings is 1. The molecule has 1 aromatic carbocycles. The number of ketones is 1. The molecule has 1 fully saturated rings. The molecule has 0 radical (unpaired) electrons. The maximum absolute atomic E-state index is 13.6. The Balaban J connectivity index is 2.04. The highest BCUT2D eigenvalue weighted by molar-refractivity contribution is 9.10. The quantitative estimate of drug-likeness (QED) is 0.558. The largest absolute Gasteiger partial charge is 0.294 e. The van der Waals surface area contributed by atoms with Gasteiger partial charge in [0.1, 0.15) is 5.82 Å². The average molecular weight is 313 g/mol. The Morgan fingerprint density at radius 3 is 2.56 bits per heavy atom. The Morgan fingerprint density at radius 2 is 1.89 bits per heavy atom. The number of rotatable bonds is 3. The monoisotopic (exact) mass is 312 g/mol. The molecule has 0 aromatic heterocycles. The topological polar surface area (TPSA) is 17.1 Å². The fraction of sp³-hybridized carbons (Fsp3) is 0.533. The third kappa shape index (κ3) is 3.64. The first-order chi connectivity index (χ1) is 8.66. The van der Waals surface area contributed by atoms with E-state index in [0.29, 0.717) is 12.3 Å².